The molecule has 0 bridgehead atoms. The molecule has 0 radical (unpaired) electrons. The van der Waals surface area contributed by atoms with E-state index < -0.39 is 0 Å². The lowest BCUT2D eigenvalue weighted by atomic mass is 10.1. The Bertz CT molecular complexity index is 286. The first kappa shape index (κ1) is 11.6. The number of hydrogen-bond acceptors (Lipinski definition) is 3. The van der Waals surface area contributed by atoms with Gasteiger partial charge in [-0.3, -0.25) is 4.79 Å². The minimum Gasteiger partial charge on any atom is -0.376 e. The molecule has 1 saturated heterocycles. The second-order valence-corrected chi connectivity index (χ2v) is 4.84. The Morgan fingerprint density at radius 1 is 1.25 bits per heavy atom. The van der Waals surface area contributed by atoms with Crippen LogP contribution in [-0.4, -0.2) is 30.4 Å². The predicted molar refractivity (Wildman–Crippen MR) is 58.9 cm³/mol. The van der Waals surface area contributed by atoms with Gasteiger partial charge in [0.25, 0.3) is 0 Å². The molecule has 1 amide bonds. The van der Waals surface area contributed by atoms with Crippen LogP contribution in [0.2, 0.25) is 0 Å². The van der Waals surface area contributed by atoms with Crippen molar-refractivity contribution in [2.24, 2.45) is 5.92 Å². The van der Waals surface area contributed by atoms with Crippen molar-refractivity contribution in [2.45, 2.75) is 51.2 Å². The number of ether oxygens (including phenoxy) is 1. The molecule has 2 atom stereocenters. The number of nitrogens with one attached hydrogen (secondary N) is 1. The van der Waals surface area contributed by atoms with Crippen LogP contribution in [-0.2, 0) is 14.3 Å². The number of carbonyl (C=O) groups is 2. The average Bonchev–Trinajstić information content (AvgIpc) is 2.97. The maximum absolute atomic E-state index is 11.6. The number of hydrogen-bond donors (Lipinski definition) is 1. The van der Waals surface area contributed by atoms with Crippen LogP contribution in [0.4, 0.5) is 0 Å². The Morgan fingerprint density at radius 2 is 2.00 bits per heavy atom. The highest BCUT2D eigenvalue weighted by Crippen LogP contribution is 2.38. The van der Waals surface area contributed by atoms with Crippen LogP contribution >= 0.6 is 0 Å². The number of amides is 1. The van der Waals surface area contributed by atoms with E-state index in [1.54, 1.807) is 0 Å². The van der Waals surface area contributed by atoms with Crippen LogP contribution in [0.5, 0.6) is 0 Å². The molecule has 0 aromatic rings. The molecule has 1 heterocycles. The molecule has 1 aliphatic carbocycles. The van der Waals surface area contributed by atoms with E-state index in [4.69, 9.17) is 4.74 Å². The van der Waals surface area contributed by atoms with Gasteiger partial charge < -0.3 is 14.8 Å². The molecule has 1 saturated carbocycles. The fourth-order valence-electron chi connectivity index (χ4n) is 2.22. The van der Waals surface area contributed by atoms with E-state index in [2.05, 4.69) is 5.32 Å². The van der Waals surface area contributed by atoms with Gasteiger partial charge in [0.05, 0.1) is 12.1 Å². The minimum absolute atomic E-state index is 0.0173. The fourth-order valence-corrected chi connectivity index (χ4v) is 2.22. The van der Waals surface area contributed by atoms with Crippen molar-refractivity contribution in [3.05, 3.63) is 0 Å². The molecule has 1 aliphatic heterocycles. The smallest absolute Gasteiger partial charge is 0.220 e. The van der Waals surface area contributed by atoms with Gasteiger partial charge in [-0.15, -0.1) is 0 Å². The van der Waals surface area contributed by atoms with E-state index in [1.165, 1.54) is 19.8 Å². The van der Waals surface area contributed by atoms with Crippen molar-refractivity contribution in [2.75, 3.05) is 6.61 Å². The summed E-state index contributed by atoms with van der Waals surface area (Å²) in [5.74, 6) is 0.702. The van der Waals surface area contributed by atoms with Crippen molar-refractivity contribution >= 4 is 11.7 Å². The van der Waals surface area contributed by atoms with Crippen LogP contribution in [0.1, 0.15) is 39.0 Å². The minimum atomic E-state index is -0.0173. The molecule has 2 aliphatic rings. The highest BCUT2D eigenvalue weighted by molar-refractivity contribution is 5.83. The summed E-state index contributed by atoms with van der Waals surface area (Å²) in [5, 5.41) is 2.99. The average molecular weight is 225 g/mol. The monoisotopic (exact) mass is 225 g/mol. The molecule has 16 heavy (non-hydrogen) atoms. The van der Waals surface area contributed by atoms with Gasteiger partial charge in [-0.25, -0.2) is 0 Å². The largest absolute Gasteiger partial charge is 0.376 e. The van der Waals surface area contributed by atoms with Crippen molar-refractivity contribution in [3.8, 4) is 0 Å². The second kappa shape index (κ2) is 4.95. The zero-order chi connectivity index (χ0) is 11.5. The maximum atomic E-state index is 11.6. The standard InChI is InChI=1S/C12H19NO3/c1-8(14)2-5-11(15)13-10-6-7-16-12(10)9-3-4-9/h9-10,12H,2-7H2,1H3,(H,13,15). The zero-order valence-corrected chi connectivity index (χ0v) is 9.70. The van der Waals surface area contributed by atoms with Gasteiger partial charge in [-0.1, -0.05) is 0 Å². The van der Waals surface area contributed by atoms with Crippen LogP contribution in [0.3, 0.4) is 0 Å². The number of carbonyl (C=O) groups excluding carboxylic acids is 2. The molecule has 4 nitrogen and oxygen atoms in total. The number of rotatable bonds is 5. The number of ketones is 1. The van der Waals surface area contributed by atoms with Crippen molar-refractivity contribution in [1.82, 2.24) is 5.32 Å². The molecule has 0 aromatic carbocycles. The topological polar surface area (TPSA) is 55.4 Å². The summed E-state index contributed by atoms with van der Waals surface area (Å²) in [6, 6.07) is 0.173. The van der Waals surface area contributed by atoms with Gasteiger partial charge in [0.1, 0.15) is 5.78 Å². The third kappa shape index (κ3) is 3.04. The van der Waals surface area contributed by atoms with E-state index in [0.717, 1.165) is 13.0 Å². The summed E-state index contributed by atoms with van der Waals surface area (Å²) < 4.78 is 5.63. The first-order valence-electron chi connectivity index (χ1n) is 6.07. The summed E-state index contributed by atoms with van der Waals surface area (Å²) in [5.41, 5.74) is 0. The molecular weight excluding hydrogens is 206 g/mol. The molecule has 0 aromatic heterocycles. The van der Waals surface area contributed by atoms with E-state index in [-0.39, 0.29) is 23.8 Å². The van der Waals surface area contributed by atoms with Gasteiger partial charge >= 0.3 is 0 Å². The van der Waals surface area contributed by atoms with Gasteiger partial charge in [-0.2, -0.15) is 0 Å². The third-order valence-electron chi connectivity index (χ3n) is 3.27. The first-order chi connectivity index (χ1) is 7.66. The summed E-state index contributed by atoms with van der Waals surface area (Å²) in [7, 11) is 0. The first-order valence-corrected chi connectivity index (χ1v) is 6.07. The molecule has 4 heteroatoms. The molecule has 2 fully saturated rings. The van der Waals surface area contributed by atoms with E-state index in [9.17, 15) is 9.59 Å². The Hall–Kier alpha value is -0.900. The van der Waals surface area contributed by atoms with Crippen LogP contribution < -0.4 is 5.32 Å². The van der Waals surface area contributed by atoms with E-state index >= 15 is 0 Å². The van der Waals surface area contributed by atoms with Crippen molar-refractivity contribution < 1.29 is 14.3 Å². The van der Waals surface area contributed by atoms with Crippen LogP contribution in [0.15, 0.2) is 0 Å². The molecule has 1 N–H and O–H groups in total. The van der Waals surface area contributed by atoms with Gasteiger partial charge in [0.2, 0.25) is 5.91 Å². The van der Waals surface area contributed by atoms with Gasteiger partial charge in [-0.05, 0) is 32.1 Å². The Labute approximate surface area is 95.7 Å². The summed E-state index contributed by atoms with van der Waals surface area (Å²) in [6.07, 6.45) is 4.24. The van der Waals surface area contributed by atoms with Crippen LogP contribution in [0.25, 0.3) is 0 Å². The zero-order valence-electron chi connectivity index (χ0n) is 9.70. The van der Waals surface area contributed by atoms with E-state index in [0.29, 0.717) is 18.8 Å². The van der Waals surface area contributed by atoms with E-state index in [1.807, 2.05) is 0 Å². The van der Waals surface area contributed by atoms with Gasteiger partial charge in [0, 0.05) is 19.4 Å². The van der Waals surface area contributed by atoms with Crippen molar-refractivity contribution in [1.29, 1.82) is 0 Å². The normalized spacial score (nSPS) is 29.1. The molecular formula is C12H19NO3. The molecule has 2 rings (SSSR count). The van der Waals surface area contributed by atoms with Crippen LogP contribution in [0, 0.1) is 5.92 Å². The Kier molecular flexibility index (Phi) is 3.59. The summed E-state index contributed by atoms with van der Waals surface area (Å²) >= 11 is 0. The predicted octanol–water partition coefficient (Wildman–Crippen LogP) is 1.04. The lowest BCUT2D eigenvalue weighted by molar-refractivity contribution is -0.125. The lowest BCUT2D eigenvalue weighted by Crippen LogP contribution is -2.41. The Morgan fingerprint density at radius 3 is 2.62 bits per heavy atom. The summed E-state index contributed by atoms with van der Waals surface area (Å²) in [6.45, 7) is 2.26. The SMILES string of the molecule is CC(=O)CCC(=O)NC1CCOC1C1CC1. The maximum Gasteiger partial charge on any atom is 0.220 e. The second-order valence-electron chi connectivity index (χ2n) is 4.84. The molecule has 90 valence electrons. The highest BCUT2D eigenvalue weighted by atomic mass is 16.5. The molecule has 2 unspecified atom stereocenters. The summed E-state index contributed by atoms with van der Waals surface area (Å²) in [4.78, 5) is 22.3. The van der Waals surface area contributed by atoms with Crippen molar-refractivity contribution in [3.63, 3.8) is 0 Å². The van der Waals surface area contributed by atoms with Gasteiger partial charge in [0.15, 0.2) is 0 Å². The highest BCUT2D eigenvalue weighted by Gasteiger charge is 2.41. The molecule has 0 spiro atoms. The lowest BCUT2D eigenvalue weighted by Gasteiger charge is -2.19. The number of Topliss-reactive ketones (excluding diaryl/α,β-unsaturated/α-hetero) is 1. The quantitative estimate of drug-likeness (QED) is 0.760. The third-order valence-corrected chi connectivity index (χ3v) is 3.27. The Balaban J connectivity index is 1.75. The fraction of sp³-hybridized carbons (Fsp3) is 0.833.